The molecule has 0 fully saturated rings. The van der Waals surface area contributed by atoms with Crippen molar-refractivity contribution >= 4 is 11.5 Å². The van der Waals surface area contributed by atoms with E-state index in [1.165, 1.54) is 11.1 Å². The number of aromatic nitrogens is 2. The number of benzene rings is 1. The summed E-state index contributed by atoms with van der Waals surface area (Å²) < 4.78 is 1.82. The zero-order valence-electron chi connectivity index (χ0n) is 15.4. The van der Waals surface area contributed by atoms with E-state index in [2.05, 4.69) is 35.1 Å². The second-order valence-electron chi connectivity index (χ2n) is 6.70. The SMILES string of the molecule is Cc1ccccc1C(=CCCN1CCC=C(C(=O)O)C1)c1ccn(C)n1. The molecule has 0 bridgehead atoms. The zero-order valence-corrected chi connectivity index (χ0v) is 15.4. The molecule has 3 rings (SSSR count). The van der Waals surface area contributed by atoms with Gasteiger partial charge in [0.1, 0.15) is 0 Å². The maximum Gasteiger partial charge on any atom is 0.332 e. The molecule has 0 aliphatic carbocycles. The first-order valence-corrected chi connectivity index (χ1v) is 8.95. The third-order valence-corrected chi connectivity index (χ3v) is 4.72. The molecule has 26 heavy (non-hydrogen) atoms. The largest absolute Gasteiger partial charge is 0.478 e. The summed E-state index contributed by atoms with van der Waals surface area (Å²) in [6.07, 6.45) is 7.67. The van der Waals surface area contributed by atoms with Crippen LogP contribution in [0.25, 0.3) is 5.57 Å². The standard InChI is InChI=1S/C21H25N3O2/c1-16-7-3-4-9-18(16)19(20-11-14-23(2)22-20)10-6-13-24-12-5-8-17(15-24)21(25)26/h3-4,7-11,14H,5-6,12-13,15H2,1-2H3,(H,25,26). The van der Waals surface area contributed by atoms with Crippen molar-refractivity contribution in [3.8, 4) is 0 Å². The Morgan fingerprint density at radius 3 is 2.81 bits per heavy atom. The van der Waals surface area contributed by atoms with Gasteiger partial charge in [0.2, 0.25) is 0 Å². The Balaban J connectivity index is 1.77. The van der Waals surface area contributed by atoms with E-state index in [0.29, 0.717) is 12.1 Å². The number of rotatable bonds is 6. The van der Waals surface area contributed by atoms with E-state index in [9.17, 15) is 9.90 Å². The van der Waals surface area contributed by atoms with Gasteiger partial charge in [-0.1, -0.05) is 36.4 Å². The van der Waals surface area contributed by atoms with E-state index in [0.717, 1.165) is 37.2 Å². The van der Waals surface area contributed by atoms with Gasteiger partial charge in [0.05, 0.1) is 5.69 Å². The van der Waals surface area contributed by atoms with E-state index in [1.807, 2.05) is 42.2 Å². The van der Waals surface area contributed by atoms with Crippen LogP contribution in [0.3, 0.4) is 0 Å². The van der Waals surface area contributed by atoms with Crippen LogP contribution >= 0.6 is 0 Å². The molecule has 1 aliphatic heterocycles. The first-order valence-electron chi connectivity index (χ1n) is 8.95. The van der Waals surface area contributed by atoms with Gasteiger partial charge in [-0.15, -0.1) is 0 Å². The predicted octanol–water partition coefficient (Wildman–Crippen LogP) is 3.27. The lowest BCUT2D eigenvalue weighted by Crippen LogP contribution is -2.32. The van der Waals surface area contributed by atoms with Gasteiger partial charge in [-0.25, -0.2) is 4.79 Å². The van der Waals surface area contributed by atoms with E-state index < -0.39 is 5.97 Å². The number of carboxylic acids is 1. The van der Waals surface area contributed by atoms with Gasteiger partial charge >= 0.3 is 5.97 Å². The fourth-order valence-electron chi connectivity index (χ4n) is 3.33. The van der Waals surface area contributed by atoms with Crippen LogP contribution < -0.4 is 0 Å². The molecule has 0 saturated carbocycles. The van der Waals surface area contributed by atoms with E-state index >= 15 is 0 Å². The first kappa shape index (κ1) is 18.1. The van der Waals surface area contributed by atoms with Crippen LogP contribution in [0.4, 0.5) is 0 Å². The molecule has 0 spiro atoms. The van der Waals surface area contributed by atoms with Gasteiger partial charge in [0.15, 0.2) is 0 Å². The Morgan fingerprint density at radius 2 is 2.12 bits per heavy atom. The van der Waals surface area contributed by atoms with E-state index in [4.69, 9.17) is 0 Å². The molecule has 0 unspecified atom stereocenters. The van der Waals surface area contributed by atoms with E-state index in [-0.39, 0.29) is 0 Å². The van der Waals surface area contributed by atoms with Gasteiger partial charge in [-0.2, -0.15) is 5.10 Å². The highest BCUT2D eigenvalue weighted by Gasteiger charge is 2.17. The van der Waals surface area contributed by atoms with Crippen molar-refractivity contribution < 1.29 is 9.90 Å². The normalized spacial score (nSPS) is 15.8. The van der Waals surface area contributed by atoms with Crippen molar-refractivity contribution in [3.63, 3.8) is 0 Å². The molecule has 0 atom stereocenters. The molecule has 1 aromatic carbocycles. The third-order valence-electron chi connectivity index (χ3n) is 4.72. The minimum absolute atomic E-state index is 0.504. The summed E-state index contributed by atoms with van der Waals surface area (Å²) in [4.78, 5) is 13.4. The summed E-state index contributed by atoms with van der Waals surface area (Å²) in [6.45, 7) is 4.38. The van der Waals surface area contributed by atoms with Crippen molar-refractivity contribution in [1.29, 1.82) is 0 Å². The molecule has 136 valence electrons. The Labute approximate surface area is 154 Å². The van der Waals surface area contributed by atoms with Crippen molar-refractivity contribution in [3.05, 3.63) is 71.1 Å². The van der Waals surface area contributed by atoms with Crippen LogP contribution in [0.1, 0.15) is 29.7 Å². The molecule has 0 amide bonds. The van der Waals surface area contributed by atoms with Crippen LogP contribution in [0.15, 0.2) is 54.3 Å². The molecule has 5 nitrogen and oxygen atoms in total. The summed E-state index contributed by atoms with van der Waals surface area (Å²) >= 11 is 0. The van der Waals surface area contributed by atoms with Crippen molar-refractivity contribution in [2.75, 3.05) is 19.6 Å². The molecular formula is C21H25N3O2. The van der Waals surface area contributed by atoms with Crippen LogP contribution in [0, 0.1) is 6.92 Å². The molecule has 5 heteroatoms. The van der Waals surface area contributed by atoms with E-state index in [1.54, 1.807) is 0 Å². The lowest BCUT2D eigenvalue weighted by molar-refractivity contribution is -0.133. The summed E-state index contributed by atoms with van der Waals surface area (Å²) in [5.41, 5.74) is 5.01. The number of carbonyl (C=O) groups is 1. The smallest absolute Gasteiger partial charge is 0.332 e. The fourth-order valence-corrected chi connectivity index (χ4v) is 3.33. The summed E-state index contributed by atoms with van der Waals surface area (Å²) in [5, 5.41) is 13.8. The average molecular weight is 351 g/mol. The average Bonchev–Trinajstić information content (AvgIpc) is 3.06. The lowest BCUT2D eigenvalue weighted by atomic mass is 9.97. The van der Waals surface area contributed by atoms with Gasteiger partial charge in [-0.05, 0) is 37.0 Å². The van der Waals surface area contributed by atoms with Gasteiger partial charge in [-0.3, -0.25) is 9.58 Å². The topological polar surface area (TPSA) is 58.4 Å². The predicted molar refractivity (Wildman–Crippen MR) is 103 cm³/mol. The zero-order chi connectivity index (χ0) is 18.5. The monoisotopic (exact) mass is 351 g/mol. The van der Waals surface area contributed by atoms with Crippen LogP contribution in [0.2, 0.25) is 0 Å². The maximum atomic E-state index is 11.2. The first-order chi connectivity index (χ1) is 12.5. The molecule has 0 saturated heterocycles. The number of aryl methyl sites for hydroxylation is 2. The summed E-state index contributed by atoms with van der Waals surface area (Å²) in [7, 11) is 1.92. The lowest BCUT2D eigenvalue weighted by Gasteiger charge is -2.25. The number of carboxylic acid groups (broad SMARTS) is 1. The molecule has 1 aliphatic rings. The quantitative estimate of drug-likeness (QED) is 0.868. The molecule has 2 aromatic rings. The molecule has 0 radical (unpaired) electrons. The highest BCUT2D eigenvalue weighted by atomic mass is 16.4. The summed E-state index contributed by atoms with van der Waals surface area (Å²) in [6, 6.07) is 10.4. The Morgan fingerprint density at radius 1 is 1.31 bits per heavy atom. The Kier molecular flexibility index (Phi) is 5.68. The fraction of sp³-hybridized carbons (Fsp3) is 0.333. The van der Waals surface area contributed by atoms with Crippen LogP contribution in [0.5, 0.6) is 0 Å². The second-order valence-corrected chi connectivity index (χ2v) is 6.70. The van der Waals surface area contributed by atoms with Crippen molar-refractivity contribution in [2.24, 2.45) is 7.05 Å². The van der Waals surface area contributed by atoms with Gasteiger partial charge in [0.25, 0.3) is 0 Å². The number of hydrogen-bond donors (Lipinski definition) is 1. The third kappa shape index (κ3) is 4.29. The van der Waals surface area contributed by atoms with Crippen molar-refractivity contribution in [2.45, 2.75) is 19.8 Å². The second kappa shape index (κ2) is 8.15. The highest BCUT2D eigenvalue weighted by molar-refractivity contribution is 5.87. The minimum atomic E-state index is -0.806. The van der Waals surface area contributed by atoms with Crippen LogP contribution in [-0.2, 0) is 11.8 Å². The minimum Gasteiger partial charge on any atom is -0.478 e. The number of hydrogen-bond acceptors (Lipinski definition) is 3. The number of nitrogens with zero attached hydrogens (tertiary/aromatic N) is 3. The summed E-state index contributed by atoms with van der Waals surface area (Å²) in [5.74, 6) is -0.806. The molecule has 1 N–H and O–H groups in total. The molecular weight excluding hydrogens is 326 g/mol. The Bertz CT molecular complexity index is 848. The van der Waals surface area contributed by atoms with Gasteiger partial charge < -0.3 is 5.11 Å². The van der Waals surface area contributed by atoms with Crippen LogP contribution in [-0.4, -0.2) is 45.4 Å². The molecule has 2 heterocycles. The maximum absolute atomic E-state index is 11.2. The number of aliphatic carboxylic acids is 1. The Hall–Kier alpha value is -2.66. The van der Waals surface area contributed by atoms with Crippen molar-refractivity contribution in [1.82, 2.24) is 14.7 Å². The highest BCUT2D eigenvalue weighted by Crippen LogP contribution is 2.25. The van der Waals surface area contributed by atoms with Gasteiger partial charge in [0, 0.05) is 44.0 Å². The molecule has 1 aromatic heterocycles.